The molecule has 1 aliphatic carbocycles. The molecule has 180 valence electrons. The molecule has 1 aromatic carbocycles. The Bertz CT molecular complexity index is 1180. The van der Waals surface area contributed by atoms with Crippen LogP contribution in [0, 0.1) is 17.8 Å². The molecule has 0 amide bonds. The van der Waals surface area contributed by atoms with Crippen molar-refractivity contribution in [1.29, 1.82) is 0 Å². The smallest absolute Gasteiger partial charge is 0.252 e. The fraction of sp³-hybridized carbons (Fsp3) is 0.536. The van der Waals surface area contributed by atoms with E-state index in [0.29, 0.717) is 23.7 Å². The number of nitrogens with zero attached hydrogens (tertiary/aromatic N) is 4. The SMILES string of the molecule is CC1CCC(C(C)C)C(n2c(=O)ccc3cnc(Nc4ccc(N5CCCCC5)cc4)nc32)C1. The average molecular weight is 460 g/mol. The zero-order valence-electron chi connectivity index (χ0n) is 20.7. The van der Waals surface area contributed by atoms with Gasteiger partial charge in [-0.05, 0) is 80.2 Å². The van der Waals surface area contributed by atoms with Gasteiger partial charge in [-0.15, -0.1) is 0 Å². The van der Waals surface area contributed by atoms with Crippen LogP contribution in [0.15, 0.2) is 47.4 Å². The van der Waals surface area contributed by atoms with Crippen molar-refractivity contribution in [3.63, 3.8) is 0 Å². The highest BCUT2D eigenvalue weighted by molar-refractivity contribution is 5.76. The molecule has 2 aromatic heterocycles. The highest BCUT2D eigenvalue weighted by atomic mass is 16.1. The summed E-state index contributed by atoms with van der Waals surface area (Å²) in [5.41, 5.74) is 2.99. The van der Waals surface area contributed by atoms with Gasteiger partial charge in [0, 0.05) is 48.2 Å². The van der Waals surface area contributed by atoms with E-state index in [1.165, 1.54) is 31.4 Å². The van der Waals surface area contributed by atoms with E-state index in [2.05, 4.69) is 60.2 Å². The summed E-state index contributed by atoms with van der Waals surface area (Å²) in [4.78, 5) is 25.0. The maximum Gasteiger partial charge on any atom is 0.252 e. The van der Waals surface area contributed by atoms with Crippen molar-refractivity contribution in [2.45, 2.75) is 65.3 Å². The van der Waals surface area contributed by atoms with Gasteiger partial charge in [-0.3, -0.25) is 9.36 Å². The average Bonchev–Trinajstić information content (AvgIpc) is 2.85. The fourth-order valence-electron chi connectivity index (χ4n) is 5.90. The second kappa shape index (κ2) is 9.77. The van der Waals surface area contributed by atoms with Crippen molar-refractivity contribution in [1.82, 2.24) is 14.5 Å². The first kappa shape index (κ1) is 22.9. The van der Waals surface area contributed by atoms with E-state index in [1.54, 1.807) is 6.07 Å². The van der Waals surface area contributed by atoms with Gasteiger partial charge in [0.2, 0.25) is 5.95 Å². The second-order valence-corrected chi connectivity index (χ2v) is 10.6. The van der Waals surface area contributed by atoms with Crippen LogP contribution in [0.25, 0.3) is 11.0 Å². The summed E-state index contributed by atoms with van der Waals surface area (Å²) in [5, 5.41) is 4.27. The molecule has 1 saturated heterocycles. The first-order valence-electron chi connectivity index (χ1n) is 13.0. The van der Waals surface area contributed by atoms with E-state index < -0.39 is 0 Å². The topological polar surface area (TPSA) is 63.1 Å². The van der Waals surface area contributed by atoms with Crippen molar-refractivity contribution in [2.75, 3.05) is 23.3 Å². The van der Waals surface area contributed by atoms with Crippen molar-refractivity contribution >= 4 is 28.4 Å². The summed E-state index contributed by atoms with van der Waals surface area (Å²) in [7, 11) is 0. The molecule has 5 rings (SSSR count). The number of hydrogen-bond acceptors (Lipinski definition) is 5. The van der Waals surface area contributed by atoms with E-state index in [9.17, 15) is 4.79 Å². The van der Waals surface area contributed by atoms with E-state index in [0.717, 1.165) is 42.7 Å². The van der Waals surface area contributed by atoms with E-state index in [1.807, 2.05) is 16.8 Å². The Hall–Kier alpha value is -2.89. The Morgan fingerprint density at radius 2 is 1.76 bits per heavy atom. The number of nitrogens with one attached hydrogen (secondary N) is 1. The summed E-state index contributed by atoms with van der Waals surface area (Å²) in [5.74, 6) is 2.15. The Morgan fingerprint density at radius 3 is 2.50 bits per heavy atom. The molecule has 0 radical (unpaired) electrons. The van der Waals surface area contributed by atoms with Gasteiger partial charge in [0.05, 0.1) is 0 Å². The summed E-state index contributed by atoms with van der Waals surface area (Å²) < 4.78 is 1.96. The van der Waals surface area contributed by atoms with Crippen LogP contribution in [0.1, 0.15) is 65.3 Å². The van der Waals surface area contributed by atoms with Crippen LogP contribution >= 0.6 is 0 Å². The molecule has 2 aliphatic rings. The standard InChI is InChI=1S/C28H37N5O/c1-19(2)24-13-7-20(3)17-25(24)33-26(34)14-8-21-18-29-28(31-27(21)33)30-22-9-11-23(12-10-22)32-15-5-4-6-16-32/h8-12,14,18-20,24-25H,4-7,13,15-17H2,1-3H3,(H,29,30,31). The molecular formula is C28H37N5O. The molecular weight excluding hydrogens is 422 g/mol. The maximum absolute atomic E-state index is 13.1. The number of rotatable bonds is 5. The van der Waals surface area contributed by atoms with Crippen LogP contribution in [0.5, 0.6) is 0 Å². The van der Waals surface area contributed by atoms with Crippen LogP contribution in [0.2, 0.25) is 0 Å². The van der Waals surface area contributed by atoms with E-state index in [-0.39, 0.29) is 11.6 Å². The number of pyridine rings is 1. The largest absolute Gasteiger partial charge is 0.372 e. The molecule has 1 saturated carbocycles. The highest BCUT2D eigenvalue weighted by Gasteiger charge is 2.33. The van der Waals surface area contributed by atoms with Gasteiger partial charge < -0.3 is 10.2 Å². The van der Waals surface area contributed by atoms with E-state index in [4.69, 9.17) is 4.98 Å². The molecule has 3 aromatic rings. The third-order valence-corrected chi connectivity index (χ3v) is 7.83. The molecule has 1 aliphatic heterocycles. The number of hydrogen-bond donors (Lipinski definition) is 1. The number of anilines is 3. The minimum atomic E-state index is 0.0350. The van der Waals surface area contributed by atoms with Crippen LogP contribution in [0.4, 0.5) is 17.3 Å². The van der Waals surface area contributed by atoms with Gasteiger partial charge in [-0.25, -0.2) is 4.98 Å². The highest BCUT2D eigenvalue weighted by Crippen LogP contribution is 2.41. The lowest BCUT2D eigenvalue weighted by molar-refractivity contribution is 0.149. The van der Waals surface area contributed by atoms with Crippen LogP contribution in [-0.4, -0.2) is 27.6 Å². The van der Waals surface area contributed by atoms with Gasteiger partial charge in [0.25, 0.3) is 5.56 Å². The first-order valence-corrected chi connectivity index (χ1v) is 13.0. The summed E-state index contributed by atoms with van der Waals surface area (Å²) in [6.45, 7) is 9.12. The second-order valence-electron chi connectivity index (χ2n) is 10.6. The van der Waals surface area contributed by atoms with Crippen molar-refractivity contribution in [3.8, 4) is 0 Å². The minimum Gasteiger partial charge on any atom is -0.372 e. The number of fused-ring (bicyclic) bond motifs is 1. The van der Waals surface area contributed by atoms with Gasteiger partial charge in [0.1, 0.15) is 5.65 Å². The van der Waals surface area contributed by atoms with Crippen molar-refractivity contribution in [2.24, 2.45) is 17.8 Å². The fourth-order valence-corrected chi connectivity index (χ4v) is 5.90. The minimum absolute atomic E-state index is 0.0350. The normalized spacial score (nSPS) is 23.4. The predicted molar refractivity (Wildman–Crippen MR) is 140 cm³/mol. The molecule has 2 fully saturated rings. The van der Waals surface area contributed by atoms with Gasteiger partial charge >= 0.3 is 0 Å². The van der Waals surface area contributed by atoms with Crippen LogP contribution < -0.4 is 15.8 Å². The van der Waals surface area contributed by atoms with Crippen molar-refractivity contribution in [3.05, 3.63) is 52.9 Å². The number of benzene rings is 1. The molecule has 6 heteroatoms. The molecule has 3 heterocycles. The Kier molecular flexibility index (Phi) is 6.57. The monoisotopic (exact) mass is 459 g/mol. The summed E-state index contributed by atoms with van der Waals surface area (Å²) >= 11 is 0. The lowest BCUT2D eigenvalue weighted by Crippen LogP contribution is -2.36. The molecule has 3 atom stereocenters. The Morgan fingerprint density at radius 1 is 1.00 bits per heavy atom. The van der Waals surface area contributed by atoms with Crippen LogP contribution in [0.3, 0.4) is 0 Å². The predicted octanol–water partition coefficient (Wildman–Crippen LogP) is 6.16. The van der Waals surface area contributed by atoms with E-state index >= 15 is 0 Å². The summed E-state index contributed by atoms with van der Waals surface area (Å²) in [6.07, 6.45) is 9.11. The molecule has 0 bridgehead atoms. The number of piperidine rings is 1. The zero-order chi connectivity index (χ0) is 23.7. The molecule has 1 N–H and O–H groups in total. The maximum atomic E-state index is 13.1. The third-order valence-electron chi connectivity index (χ3n) is 7.83. The summed E-state index contributed by atoms with van der Waals surface area (Å²) in [6, 6.07) is 12.2. The zero-order valence-corrected chi connectivity index (χ0v) is 20.7. The Balaban J connectivity index is 1.45. The molecule has 6 nitrogen and oxygen atoms in total. The third kappa shape index (κ3) is 4.68. The van der Waals surface area contributed by atoms with Crippen LogP contribution in [-0.2, 0) is 0 Å². The lowest BCUT2D eigenvalue weighted by atomic mass is 9.74. The van der Waals surface area contributed by atoms with Gasteiger partial charge in [-0.2, -0.15) is 4.98 Å². The Labute approximate surface area is 202 Å². The van der Waals surface area contributed by atoms with Gasteiger partial charge in [0.15, 0.2) is 0 Å². The lowest BCUT2D eigenvalue weighted by Gasteiger charge is -2.38. The quantitative estimate of drug-likeness (QED) is 0.495. The molecule has 0 spiro atoms. The number of aromatic nitrogens is 3. The van der Waals surface area contributed by atoms with Gasteiger partial charge in [-0.1, -0.05) is 27.2 Å². The van der Waals surface area contributed by atoms with Crippen molar-refractivity contribution < 1.29 is 0 Å². The molecule has 34 heavy (non-hydrogen) atoms. The first-order chi connectivity index (χ1) is 16.5. The molecule has 3 unspecified atom stereocenters.